The molecule has 0 amide bonds. The monoisotopic (exact) mass is 244 g/mol. The van der Waals surface area contributed by atoms with E-state index >= 15 is 0 Å². The van der Waals surface area contributed by atoms with Gasteiger partial charge in [0.1, 0.15) is 0 Å². The predicted octanol–water partition coefficient (Wildman–Crippen LogP) is 1.65. The van der Waals surface area contributed by atoms with E-state index in [-0.39, 0.29) is 10.5 Å². The Morgan fingerprint density at radius 2 is 1.44 bits per heavy atom. The molecule has 2 heterocycles. The lowest BCUT2D eigenvalue weighted by molar-refractivity contribution is -0.0717. The predicted molar refractivity (Wildman–Crippen MR) is 61.9 cm³/mol. The standard InChI is InChI=1S/C12H20O3S/c13-12(9-3-1-4-9)7-10-5-2-6-11(8-12)16(10,14)15/h9-11,13H,1-8H2. The fraction of sp³-hybridized carbons (Fsp3) is 1.00. The molecule has 1 N–H and O–H groups in total. The second kappa shape index (κ2) is 3.45. The summed E-state index contributed by atoms with van der Waals surface area (Å²) in [4.78, 5) is 0. The van der Waals surface area contributed by atoms with Gasteiger partial charge in [0, 0.05) is 0 Å². The van der Waals surface area contributed by atoms with E-state index in [0.29, 0.717) is 18.8 Å². The first-order valence-corrected chi connectivity index (χ1v) is 8.08. The van der Waals surface area contributed by atoms with Gasteiger partial charge in [-0.05, 0) is 44.4 Å². The van der Waals surface area contributed by atoms with Crippen LogP contribution in [0.15, 0.2) is 0 Å². The lowest BCUT2D eigenvalue weighted by Crippen LogP contribution is -2.56. The van der Waals surface area contributed by atoms with Crippen molar-refractivity contribution in [3.8, 4) is 0 Å². The molecule has 4 heteroatoms. The first kappa shape index (κ1) is 11.0. The average Bonchev–Trinajstić information content (AvgIpc) is 2.04. The molecule has 3 fully saturated rings. The minimum absolute atomic E-state index is 0.245. The first-order valence-electron chi connectivity index (χ1n) is 6.47. The number of sulfone groups is 1. The third kappa shape index (κ3) is 1.46. The Morgan fingerprint density at radius 1 is 0.938 bits per heavy atom. The molecule has 0 radical (unpaired) electrons. The molecule has 0 aromatic heterocycles. The van der Waals surface area contributed by atoms with Gasteiger partial charge in [0.2, 0.25) is 0 Å². The van der Waals surface area contributed by atoms with Crippen LogP contribution in [-0.2, 0) is 9.84 Å². The summed E-state index contributed by atoms with van der Waals surface area (Å²) in [5.74, 6) is 0.381. The Labute approximate surface area is 97.2 Å². The van der Waals surface area contributed by atoms with E-state index in [1.165, 1.54) is 6.42 Å². The summed E-state index contributed by atoms with van der Waals surface area (Å²) < 4.78 is 24.2. The number of aliphatic hydroxyl groups is 1. The molecule has 2 saturated heterocycles. The number of rotatable bonds is 1. The lowest BCUT2D eigenvalue weighted by atomic mass is 9.67. The van der Waals surface area contributed by atoms with Crippen LogP contribution in [0.2, 0.25) is 0 Å². The molecule has 3 aliphatic rings. The van der Waals surface area contributed by atoms with Crippen LogP contribution >= 0.6 is 0 Å². The molecule has 0 aromatic carbocycles. The molecule has 3 rings (SSSR count). The summed E-state index contributed by atoms with van der Waals surface area (Å²) in [6.07, 6.45) is 6.98. The van der Waals surface area contributed by atoms with Crippen molar-refractivity contribution in [2.45, 2.75) is 67.5 Å². The molecular formula is C12H20O3S. The summed E-state index contributed by atoms with van der Waals surface area (Å²) in [5, 5.41) is 10.2. The highest BCUT2D eigenvalue weighted by Crippen LogP contribution is 2.49. The molecule has 3 nitrogen and oxygen atoms in total. The van der Waals surface area contributed by atoms with Crippen LogP contribution in [-0.4, -0.2) is 29.6 Å². The Morgan fingerprint density at radius 3 is 1.88 bits per heavy atom. The van der Waals surface area contributed by atoms with Crippen molar-refractivity contribution >= 4 is 9.84 Å². The van der Waals surface area contributed by atoms with Gasteiger partial charge in [0.15, 0.2) is 9.84 Å². The van der Waals surface area contributed by atoms with Crippen LogP contribution < -0.4 is 0 Å². The minimum Gasteiger partial charge on any atom is -0.390 e. The van der Waals surface area contributed by atoms with E-state index in [1.54, 1.807) is 0 Å². The van der Waals surface area contributed by atoms with Crippen LogP contribution in [0, 0.1) is 5.92 Å². The Balaban J connectivity index is 1.88. The normalized spacial score (nSPS) is 47.3. The van der Waals surface area contributed by atoms with E-state index in [9.17, 15) is 13.5 Å². The summed E-state index contributed by atoms with van der Waals surface area (Å²) >= 11 is 0. The van der Waals surface area contributed by atoms with Gasteiger partial charge in [0.05, 0.1) is 16.1 Å². The zero-order chi connectivity index (χ0) is 11.4. The third-order valence-electron chi connectivity index (χ3n) is 5.01. The van der Waals surface area contributed by atoms with E-state index in [1.807, 2.05) is 0 Å². The van der Waals surface area contributed by atoms with Crippen molar-refractivity contribution in [1.29, 1.82) is 0 Å². The van der Waals surface area contributed by atoms with E-state index in [2.05, 4.69) is 0 Å². The summed E-state index contributed by atoms with van der Waals surface area (Å²) in [6, 6.07) is 0. The molecule has 0 aromatic rings. The topological polar surface area (TPSA) is 54.4 Å². The number of hydrogen-bond donors (Lipinski definition) is 1. The molecule has 92 valence electrons. The van der Waals surface area contributed by atoms with Gasteiger partial charge in [-0.1, -0.05) is 12.8 Å². The van der Waals surface area contributed by atoms with Gasteiger partial charge in [-0.3, -0.25) is 0 Å². The maximum Gasteiger partial charge on any atom is 0.156 e. The molecule has 2 atom stereocenters. The highest BCUT2D eigenvalue weighted by atomic mass is 32.2. The maximum atomic E-state index is 12.1. The van der Waals surface area contributed by atoms with Crippen LogP contribution in [0.3, 0.4) is 0 Å². The van der Waals surface area contributed by atoms with Gasteiger partial charge in [0.25, 0.3) is 0 Å². The van der Waals surface area contributed by atoms with E-state index < -0.39 is 15.4 Å². The van der Waals surface area contributed by atoms with Crippen molar-refractivity contribution in [2.24, 2.45) is 5.92 Å². The second-order valence-corrected chi connectivity index (χ2v) is 8.41. The Bertz CT molecular complexity index is 363. The second-order valence-electron chi connectivity index (χ2n) is 5.90. The van der Waals surface area contributed by atoms with Crippen molar-refractivity contribution in [3.63, 3.8) is 0 Å². The Kier molecular flexibility index (Phi) is 2.38. The zero-order valence-corrected chi connectivity index (χ0v) is 10.4. The van der Waals surface area contributed by atoms with Gasteiger partial charge < -0.3 is 5.11 Å². The fourth-order valence-electron chi connectivity index (χ4n) is 3.76. The first-order chi connectivity index (χ1) is 7.52. The smallest absolute Gasteiger partial charge is 0.156 e. The van der Waals surface area contributed by atoms with Crippen molar-refractivity contribution in [3.05, 3.63) is 0 Å². The van der Waals surface area contributed by atoms with Crippen LogP contribution in [0.4, 0.5) is 0 Å². The minimum atomic E-state index is -2.91. The molecule has 2 bridgehead atoms. The molecule has 16 heavy (non-hydrogen) atoms. The molecule has 0 spiro atoms. The molecule has 2 aliphatic heterocycles. The van der Waals surface area contributed by atoms with E-state index in [4.69, 9.17) is 0 Å². The molecule has 2 unspecified atom stereocenters. The summed E-state index contributed by atoms with van der Waals surface area (Å²) in [5.41, 5.74) is -0.653. The number of hydrogen-bond acceptors (Lipinski definition) is 3. The van der Waals surface area contributed by atoms with Gasteiger partial charge in [-0.15, -0.1) is 0 Å². The molecule has 1 aliphatic carbocycles. The SMILES string of the molecule is O=S1(=O)C2CCCC1CC(O)(C1CCC1)C2. The quantitative estimate of drug-likeness (QED) is 0.763. The van der Waals surface area contributed by atoms with Gasteiger partial charge in [-0.2, -0.15) is 0 Å². The van der Waals surface area contributed by atoms with Crippen molar-refractivity contribution in [1.82, 2.24) is 0 Å². The van der Waals surface area contributed by atoms with Crippen molar-refractivity contribution in [2.75, 3.05) is 0 Å². The third-order valence-corrected chi connectivity index (χ3v) is 7.67. The molecular weight excluding hydrogens is 224 g/mol. The summed E-state index contributed by atoms with van der Waals surface area (Å²) in [6.45, 7) is 0. The highest BCUT2D eigenvalue weighted by molar-refractivity contribution is 7.92. The van der Waals surface area contributed by atoms with Crippen molar-refractivity contribution < 1.29 is 13.5 Å². The lowest BCUT2D eigenvalue weighted by Gasteiger charge is -2.50. The van der Waals surface area contributed by atoms with Gasteiger partial charge in [-0.25, -0.2) is 8.42 Å². The van der Waals surface area contributed by atoms with Crippen LogP contribution in [0.5, 0.6) is 0 Å². The van der Waals surface area contributed by atoms with Gasteiger partial charge >= 0.3 is 0 Å². The average molecular weight is 244 g/mol. The number of fused-ring (bicyclic) bond motifs is 2. The van der Waals surface area contributed by atoms with Crippen LogP contribution in [0.25, 0.3) is 0 Å². The summed E-state index contributed by atoms with van der Waals surface area (Å²) in [7, 11) is -2.91. The zero-order valence-electron chi connectivity index (χ0n) is 9.56. The Hall–Kier alpha value is -0.0900. The fourth-order valence-corrected chi connectivity index (χ4v) is 6.34. The molecule has 1 saturated carbocycles. The van der Waals surface area contributed by atoms with E-state index in [0.717, 1.165) is 32.1 Å². The highest BCUT2D eigenvalue weighted by Gasteiger charge is 2.53. The van der Waals surface area contributed by atoms with Crippen LogP contribution in [0.1, 0.15) is 51.4 Å². The maximum absolute atomic E-state index is 12.1. The largest absolute Gasteiger partial charge is 0.390 e.